The van der Waals surface area contributed by atoms with Crippen LogP contribution in [0, 0.1) is 13.8 Å². The van der Waals surface area contributed by atoms with Crippen LogP contribution in [0.1, 0.15) is 21.6 Å². The first-order chi connectivity index (χ1) is 7.61. The third kappa shape index (κ3) is 1.76. The maximum absolute atomic E-state index is 10.6. The van der Waals surface area contributed by atoms with Gasteiger partial charge < -0.3 is 0 Å². The molecule has 1 heterocycles. The molecule has 0 aliphatic carbocycles. The maximum Gasteiger partial charge on any atom is 0.170 e. The minimum absolute atomic E-state index is 0.468. The molecular formula is C13H14N2O. The molecule has 0 amide bonds. The summed E-state index contributed by atoms with van der Waals surface area (Å²) < 4.78 is 1.73. The van der Waals surface area contributed by atoms with E-state index in [1.54, 1.807) is 10.7 Å². The zero-order chi connectivity index (χ0) is 11.7. The highest BCUT2D eigenvalue weighted by atomic mass is 16.1. The fourth-order valence-corrected chi connectivity index (χ4v) is 1.72. The van der Waals surface area contributed by atoms with Crippen molar-refractivity contribution in [3.8, 4) is 11.3 Å². The summed E-state index contributed by atoms with van der Waals surface area (Å²) in [7, 11) is 1.84. The van der Waals surface area contributed by atoms with Gasteiger partial charge in [0.1, 0.15) is 5.69 Å². The fourth-order valence-electron chi connectivity index (χ4n) is 1.72. The number of carbonyl (C=O) groups is 1. The Balaban J connectivity index is 2.53. The highest BCUT2D eigenvalue weighted by Crippen LogP contribution is 2.22. The first kappa shape index (κ1) is 10.6. The van der Waals surface area contributed by atoms with Crippen LogP contribution in [-0.4, -0.2) is 16.1 Å². The van der Waals surface area contributed by atoms with Gasteiger partial charge in [0.15, 0.2) is 6.29 Å². The Morgan fingerprint density at radius 1 is 1.19 bits per heavy atom. The molecular weight excluding hydrogens is 200 g/mol. The van der Waals surface area contributed by atoms with E-state index < -0.39 is 0 Å². The smallest absolute Gasteiger partial charge is 0.170 e. The lowest BCUT2D eigenvalue weighted by Crippen LogP contribution is -1.94. The summed E-state index contributed by atoms with van der Waals surface area (Å²) in [6, 6.07) is 8.05. The number of carbonyl (C=O) groups excluding carboxylic acids is 1. The van der Waals surface area contributed by atoms with Crippen LogP contribution in [0.15, 0.2) is 24.3 Å². The van der Waals surface area contributed by atoms with Crippen LogP contribution in [0.5, 0.6) is 0 Å². The van der Waals surface area contributed by atoms with Crippen LogP contribution in [0.25, 0.3) is 11.3 Å². The molecule has 0 atom stereocenters. The molecule has 2 rings (SSSR count). The fraction of sp³-hybridized carbons (Fsp3) is 0.231. The Labute approximate surface area is 94.7 Å². The van der Waals surface area contributed by atoms with Crippen LogP contribution in [0.3, 0.4) is 0 Å². The molecule has 0 unspecified atom stereocenters. The molecule has 3 nitrogen and oxygen atoms in total. The van der Waals surface area contributed by atoms with Gasteiger partial charge in [0.2, 0.25) is 0 Å². The van der Waals surface area contributed by atoms with E-state index in [2.05, 4.69) is 31.1 Å². The number of aryl methyl sites for hydroxylation is 3. The first-order valence-corrected chi connectivity index (χ1v) is 5.18. The van der Waals surface area contributed by atoms with E-state index in [-0.39, 0.29) is 0 Å². The number of aldehydes is 1. The van der Waals surface area contributed by atoms with Gasteiger partial charge >= 0.3 is 0 Å². The summed E-state index contributed by atoms with van der Waals surface area (Å²) >= 11 is 0. The average Bonchev–Trinajstić information content (AvgIpc) is 2.64. The van der Waals surface area contributed by atoms with E-state index >= 15 is 0 Å². The van der Waals surface area contributed by atoms with Crippen LogP contribution < -0.4 is 0 Å². The van der Waals surface area contributed by atoms with Gasteiger partial charge in [-0.05, 0) is 37.1 Å². The highest BCUT2D eigenvalue weighted by molar-refractivity contribution is 5.75. The van der Waals surface area contributed by atoms with Crippen molar-refractivity contribution in [3.63, 3.8) is 0 Å². The second-order valence-electron chi connectivity index (χ2n) is 3.99. The van der Waals surface area contributed by atoms with Crippen molar-refractivity contribution in [1.82, 2.24) is 9.78 Å². The average molecular weight is 214 g/mol. The van der Waals surface area contributed by atoms with E-state index in [1.165, 1.54) is 11.1 Å². The minimum atomic E-state index is 0.468. The van der Waals surface area contributed by atoms with E-state index in [1.807, 2.05) is 13.1 Å². The quantitative estimate of drug-likeness (QED) is 0.720. The van der Waals surface area contributed by atoms with E-state index in [0.29, 0.717) is 5.69 Å². The molecule has 0 saturated carbocycles. The van der Waals surface area contributed by atoms with Gasteiger partial charge in [-0.2, -0.15) is 5.10 Å². The molecule has 0 spiro atoms. The molecule has 0 aliphatic rings. The van der Waals surface area contributed by atoms with E-state index in [4.69, 9.17) is 0 Å². The molecule has 2 aromatic rings. The molecule has 82 valence electrons. The van der Waals surface area contributed by atoms with Crippen molar-refractivity contribution in [3.05, 3.63) is 41.1 Å². The van der Waals surface area contributed by atoms with Gasteiger partial charge in [0, 0.05) is 12.6 Å². The van der Waals surface area contributed by atoms with Crippen molar-refractivity contribution in [2.24, 2.45) is 7.05 Å². The normalized spacial score (nSPS) is 10.4. The lowest BCUT2D eigenvalue weighted by Gasteiger charge is -2.05. The Morgan fingerprint density at radius 2 is 1.94 bits per heavy atom. The zero-order valence-electron chi connectivity index (χ0n) is 9.69. The van der Waals surface area contributed by atoms with Gasteiger partial charge in [-0.1, -0.05) is 12.1 Å². The van der Waals surface area contributed by atoms with E-state index in [9.17, 15) is 4.79 Å². The molecule has 0 N–H and O–H groups in total. The van der Waals surface area contributed by atoms with E-state index in [0.717, 1.165) is 17.5 Å². The lowest BCUT2D eigenvalue weighted by atomic mass is 10.0. The molecule has 0 radical (unpaired) electrons. The highest BCUT2D eigenvalue weighted by Gasteiger charge is 2.07. The van der Waals surface area contributed by atoms with Crippen molar-refractivity contribution in [1.29, 1.82) is 0 Å². The number of benzene rings is 1. The number of hydrogen-bond acceptors (Lipinski definition) is 2. The summed E-state index contributed by atoms with van der Waals surface area (Å²) in [5.74, 6) is 0. The van der Waals surface area contributed by atoms with Gasteiger partial charge in [-0.3, -0.25) is 9.48 Å². The summed E-state index contributed by atoms with van der Waals surface area (Å²) in [6.45, 7) is 4.16. The van der Waals surface area contributed by atoms with Crippen molar-refractivity contribution in [2.75, 3.05) is 0 Å². The van der Waals surface area contributed by atoms with Gasteiger partial charge in [-0.25, -0.2) is 0 Å². The third-order valence-corrected chi connectivity index (χ3v) is 2.82. The van der Waals surface area contributed by atoms with Crippen LogP contribution in [0.4, 0.5) is 0 Å². The number of hydrogen-bond donors (Lipinski definition) is 0. The second kappa shape index (κ2) is 3.93. The van der Waals surface area contributed by atoms with Gasteiger partial charge in [-0.15, -0.1) is 0 Å². The Bertz CT molecular complexity index is 541. The number of aromatic nitrogens is 2. The lowest BCUT2D eigenvalue weighted by molar-refractivity contribution is 0.111. The Morgan fingerprint density at radius 3 is 2.50 bits per heavy atom. The SMILES string of the molecule is Cc1ccc(-c2cc(C=O)nn2C)cc1C. The Hall–Kier alpha value is -1.90. The van der Waals surface area contributed by atoms with Crippen LogP contribution >= 0.6 is 0 Å². The first-order valence-electron chi connectivity index (χ1n) is 5.18. The van der Waals surface area contributed by atoms with Crippen LogP contribution in [0.2, 0.25) is 0 Å². The molecule has 0 bridgehead atoms. The molecule has 0 saturated heterocycles. The molecule has 1 aromatic carbocycles. The van der Waals surface area contributed by atoms with Crippen molar-refractivity contribution < 1.29 is 4.79 Å². The van der Waals surface area contributed by atoms with Crippen molar-refractivity contribution in [2.45, 2.75) is 13.8 Å². The molecule has 0 aliphatic heterocycles. The largest absolute Gasteiger partial charge is 0.296 e. The standard InChI is InChI=1S/C13H14N2O/c1-9-4-5-11(6-10(9)2)13-7-12(8-16)14-15(13)3/h4-8H,1-3H3. The molecule has 1 aromatic heterocycles. The van der Waals surface area contributed by atoms with Gasteiger partial charge in [0.05, 0.1) is 5.69 Å². The summed E-state index contributed by atoms with van der Waals surface area (Å²) in [5, 5.41) is 4.11. The second-order valence-corrected chi connectivity index (χ2v) is 3.99. The van der Waals surface area contributed by atoms with Crippen LogP contribution in [-0.2, 0) is 7.05 Å². The predicted octanol–water partition coefficient (Wildman–Crippen LogP) is 2.52. The summed E-state index contributed by atoms with van der Waals surface area (Å²) in [4.78, 5) is 10.6. The van der Waals surface area contributed by atoms with Gasteiger partial charge in [0.25, 0.3) is 0 Å². The monoisotopic (exact) mass is 214 g/mol. The molecule has 0 fully saturated rings. The molecule has 3 heteroatoms. The summed E-state index contributed by atoms with van der Waals surface area (Å²) in [6.07, 6.45) is 0.768. The summed E-state index contributed by atoms with van der Waals surface area (Å²) in [5.41, 5.74) is 5.03. The minimum Gasteiger partial charge on any atom is -0.296 e. The number of nitrogens with zero attached hydrogens (tertiary/aromatic N) is 2. The topological polar surface area (TPSA) is 34.9 Å². The third-order valence-electron chi connectivity index (χ3n) is 2.82. The van der Waals surface area contributed by atoms with Crippen molar-refractivity contribution >= 4 is 6.29 Å². The zero-order valence-corrected chi connectivity index (χ0v) is 9.69. The molecule has 16 heavy (non-hydrogen) atoms. The maximum atomic E-state index is 10.6. The number of rotatable bonds is 2. The predicted molar refractivity (Wildman–Crippen MR) is 63.5 cm³/mol. The Kier molecular flexibility index (Phi) is 2.60.